The van der Waals surface area contributed by atoms with Crippen molar-refractivity contribution in [3.63, 3.8) is 0 Å². The number of fused-ring (bicyclic) bond motifs is 1. The smallest absolute Gasteiger partial charge is 0.182 e. The van der Waals surface area contributed by atoms with Crippen molar-refractivity contribution in [1.29, 1.82) is 0 Å². The Hall–Kier alpha value is -0.350. The van der Waals surface area contributed by atoms with Crippen molar-refractivity contribution in [2.75, 3.05) is 0 Å². The van der Waals surface area contributed by atoms with Crippen LogP contribution >= 0.6 is 23.1 Å². The number of hydrogen-bond acceptors (Lipinski definition) is 4. The lowest BCUT2D eigenvalue weighted by Gasteiger charge is -2.16. The van der Waals surface area contributed by atoms with Gasteiger partial charge in [0.15, 0.2) is 5.78 Å². The number of hydrogen-bond donors (Lipinski definition) is 0. The van der Waals surface area contributed by atoms with Crippen LogP contribution in [0.25, 0.3) is 0 Å². The normalized spacial score (nSPS) is 16.3. The maximum Gasteiger partial charge on any atom is 0.182 e. The van der Waals surface area contributed by atoms with Gasteiger partial charge in [-0.1, -0.05) is 20.8 Å². The molecule has 2 rings (SSSR count). The van der Waals surface area contributed by atoms with Gasteiger partial charge >= 0.3 is 0 Å². The van der Waals surface area contributed by atoms with Gasteiger partial charge in [0.2, 0.25) is 0 Å². The molecule has 0 fully saturated rings. The molecule has 0 radical (unpaired) electrons. The first-order valence-corrected chi connectivity index (χ1v) is 7.42. The number of Topliss-reactive ketones (excluding diaryl/α,β-unsaturated/α-hetero) is 1. The number of nitrogens with zero attached hydrogens (tertiary/aromatic N) is 1. The van der Waals surface area contributed by atoms with Crippen LogP contribution in [0.2, 0.25) is 0 Å². The highest BCUT2D eigenvalue weighted by Crippen LogP contribution is 2.32. The van der Waals surface area contributed by atoms with Gasteiger partial charge < -0.3 is 0 Å². The zero-order valence-corrected chi connectivity index (χ0v) is 11.6. The number of aryl methyl sites for hydroxylation is 1. The van der Waals surface area contributed by atoms with Crippen molar-refractivity contribution in [2.45, 2.75) is 50.5 Å². The number of carbonyl (C=O) groups is 1. The molecule has 1 aliphatic carbocycles. The highest BCUT2D eigenvalue weighted by atomic mass is 32.2. The van der Waals surface area contributed by atoms with Crippen LogP contribution in [0.1, 0.15) is 54.0 Å². The first kappa shape index (κ1) is 12.1. The van der Waals surface area contributed by atoms with Gasteiger partial charge in [0.25, 0.3) is 0 Å². The fourth-order valence-corrected chi connectivity index (χ4v) is 3.61. The summed E-state index contributed by atoms with van der Waals surface area (Å²) in [5, 5.41) is 1.11. The molecule has 0 amide bonds. The maximum absolute atomic E-state index is 11.6. The molecule has 0 aromatic carbocycles. The average Bonchev–Trinajstić information content (AvgIpc) is 2.58. The lowest BCUT2D eigenvalue weighted by atomic mass is 10.0. The number of ketones is 1. The SMILES string of the molecule is CC(C)(C)SCc1nc2c(s1)CCCC2=O. The highest BCUT2D eigenvalue weighted by Gasteiger charge is 2.22. The summed E-state index contributed by atoms with van der Waals surface area (Å²) >= 11 is 3.61. The topological polar surface area (TPSA) is 30.0 Å². The van der Waals surface area contributed by atoms with Gasteiger partial charge in [0.1, 0.15) is 10.7 Å². The molecule has 1 aliphatic rings. The van der Waals surface area contributed by atoms with Gasteiger partial charge in [0, 0.05) is 21.8 Å². The molecule has 0 saturated carbocycles. The third-order valence-electron chi connectivity index (χ3n) is 2.44. The van der Waals surface area contributed by atoms with E-state index in [1.807, 2.05) is 11.8 Å². The molecule has 0 unspecified atom stereocenters. The molecule has 1 aromatic rings. The van der Waals surface area contributed by atoms with Crippen LogP contribution in [0.3, 0.4) is 0 Å². The predicted molar refractivity (Wildman–Crippen MR) is 70.4 cm³/mol. The van der Waals surface area contributed by atoms with Crippen molar-refractivity contribution < 1.29 is 4.79 Å². The minimum absolute atomic E-state index is 0.240. The van der Waals surface area contributed by atoms with E-state index in [4.69, 9.17) is 0 Å². The summed E-state index contributed by atoms with van der Waals surface area (Å²) in [7, 11) is 0. The number of aromatic nitrogens is 1. The monoisotopic (exact) mass is 255 g/mol. The second-order valence-corrected chi connectivity index (χ2v) is 8.03. The van der Waals surface area contributed by atoms with Gasteiger partial charge in [0.05, 0.1) is 0 Å². The molecule has 1 heterocycles. The van der Waals surface area contributed by atoms with Crippen LogP contribution in [0.5, 0.6) is 0 Å². The molecule has 0 bridgehead atoms. The second-order valence-electron chi connectivity index (χ2n) is 5.06. The summed E-state index contributed by atoms with van der Waals surface area (Å²) in [6, 6.07) is 0. The van der Waals surface area contributed by atoms with E-state index >= 15 is 0 Å². The van der Waals surface area contributed by atoms with Crippen LogP contribution in [-0.4, -0.2) is 15.5 Å². The second kappa shape index (κ2) is 4.49. The Labute approximate surface area is 105 Å². The van der Waals surface area contributed by atoms with Crippen molar-refractivity contribution in [3.05, 3.63) is 15.6 Å². The van der Waals surface area contributed by atoms with E-state index in [0.29, 0.717) is 6.42 Å². The van der Waals surface area contributed by atoms with Crippen molar-refractivity contribution in [2.24, 2.45) is 0 Å². The lowest BCUT2D eigenvalue weighted by molar-refractivity contribution is 0.0968. The Morgan fingerprint density at radius 1 is 1.38 bits per heavy atom. The zero-order valence-electron chi connectivity index (χ0n) is 10.0. The first-order chi connectivity index (χ1) is 7.46. The Kier molecular flexibility index (Phi) is 3.40. The van der Waals surface area contributed by atoms with Crippen molar-refractivity contribution >= 4 is 28.9 Å². The molecular formula is C12H17NOS2. The van der Waals surface area contributed by atoms with Gasteiger partial charge in [-0.15, -0.1) is 23.1 Å². The molecule has 2 nitrogen and oxygen atoms in total. The molecule has 16 heavy (non-hydrogen) atoms. The zero-order chi connectivity index (χ0) is 11.8. The molecule has 0 saturated heterocycles. The van der Waals surface area contributed by atoms with Crippen molar-refractivity contribution in [1.82, 2.24) is 4.98 Å². The third-order valence-corrected chi connectivity index (χ3v) is 5.02. The van der Waals surface area contributed by atoms with E-state index in [1.54, 1.807) is 11.3 Å². The summed E-state index contributed by atoms with van der Waals surface area (Å²) in [5.41, 5.74) is 0.765. The van der Waals surface area contributed by atoms with Gasteiger partial charge in [-0.25, -0.2) is 4.98 Å². The molecule has 0 spiro atoms. The largest absolute Gasteiger partial charge is 0.292 e. The summed E-state index contributed by atoms with van der Waals surface area (Å²) < 4.78 is 0.260. The van der Waals surface area contributed by atoms with Crippen molar-refractivity contribution in [3.8, 4) is 0 Å². The number of thiazole rings is 1. The number of rotatable bonds is 2. The molecule has 0 aliphatic heterocycles. The number of carbonyl (C=O) groups excluding carboxylic acids is 1. The van der Waals surface area contributed by atoms with E-state index in [2.05, 4.69) is 25.8 Å². The molecule has 1 aromatic heterocycles. The molecule has 0 atom stereocenters. The van der Waals surface area contributed by atoms with Crippen LogP contribution in [0.15, 0.2) is 0 Å². The Balaban J connectivity index is 2.10. The molecule has 4 heteroatoms. The summed E-state index contributed by atoms with van der Waals surface area (Å²) in [6.45, 7) is 6.61. The molecular weight excluding hydrogens is 238 g/mol. The quantitative estimate of drug-likeness (QED) is 0.807. The van der Waals surface area contributed by atoms with Crippen LogP contribution in [0.4, 0.5) is 0 Å². The Morgan fingerprint density at radius 2 is 2.12 bits per heavy atom. The number of thioether (sulfide) groups is 1. The van der Waals surface area contributed by atoms with E-state index in [-0.39, 0.29) is 10.5 Å². The third kappa shape index (κ3) is 2.86. The summed E-state index contributed by atoms with van der Waals surface area (Å²) in [6.07, 6.45) is 2.72. The van der Waals surface area contributed by atoms with E-state index in [9.17, 15) is 4.79 Å². The molecule has 88 valence electrons. The first-order valence-electron chi connectivity index (χ1n) is 5.61. The van der Waals surface area contributed by atoms with Crippen LogP contribution < -0.4 is 0 Å². The van der Waals surface area contributed by atoms with Gasteiger partial charge in [-0.3, -0.25) is 4.79 Å². The van der Waals surface area contributed by atoms with Crippen LogP contribution in [-0.2, 0) is 12.2 Å². The van der Waals surface area contributed by atoms with Gasteiger partial charge in [-0.2, -0.15) is 0 Å². The van der Waals surface area contributed by atoms with Gasteiger partial charge in [-0.05, 0) is 12.8 Å². The minimum Gasteiger partial charge on any atom is -0.292 e. The standard InChI is InChI=1S/C12H17NOS2/c1-12(2,3)15-7-10-13-11-8(14)5-4-6-9(11)16-10/h4-7H2,1-3H3. The highest BCUT2D eigenvalue weighted by molar-refractivity contribution is 7.99. The lowest BCUT2D eigenvalue weighted by Crippen LogP contribution is -2.09. The Bertz CT molecular complexity index is 404. The molecule has 0 N–H and O–H groups in total. The minimum atomic E-state index is 0.240. The predicted octanol–water partition coefficient (Wildman–Crippen LogP) is 3.69. The fourth-order valence-electron chi connectivity index (χ4n) is 1.66. The van der Waals surface area contributed by atoms with E-state index in [0.717, 1.165) is 29.3 Å². The average molecular weight is 255 g/mol. The van der Waals surface area contributed by atoms with E-state index in [1.165, 1.54) is 4.88 Å². The maximum atomic E-state index is 11.6. The summed E-state index contributed by atoms with van der Waals surface area (Å²) in [5.74, 6) is 1.17. The fraction of sp³-hybridized carbons (Fsp3) is 0.667. The Morgan fingerprint density at radius 3 is 2.75 bits per heavy atom. The van der Waals surface area contributed by atoms with E-state index < -0.39 is 0 Å². The summed E-state index contributed by atoms with van der Waals surface area (Å²) in [4.78, 5) is 17.3. The van der Waals surface area contributed by atoms with Crippen LogP contribution in [0, 0.1) is 0 Å².